The average molecular weight is 314 g/mol. The topological polar surface area (TPSA) is 29.9 Å². The predicted molar refractivity (Wildman–Crippen MR) is 75.2 cm³/mol. The second kappa shape index (κ2) is 5.80. The fourth-order valence-electron chi connectivity index (χ4n) is 1.59. The van der Waals surface area contributed by atoms with Crippen molar-refractivity contribution in [3.8, 4) is 0 Å². The van der Waals surface area contributed by atoms with Gasteiger partial charge in [-0.2, -0.15) is 5.10 Å². The molecule has 3 nitrogen and oxygen atoms in total. The summed E-state index contributed by atoms with van der Waals surface area (Å²) in [4.78, 5) is 1.33. The summed E-state index contributed by atoms with van der Waals surface area (Å²) in [6.07, 6.45) is 4.03. The smallest absolute Gasteiger partial charge is 0.0537 e. The number of nitrogens with zero attached hydrogens (tertiary/aromatic N) is 2. The van der Waals surface area contributed by atoms with Gasteiger partial charge in [-0.3, -0.25) is 4.68 Å². The third-order valence-electron chi connectivity index (χ3n) is 2.74. The number of rotatable bonds is 5. The molecule has 2 heterocycles. The highest BCUT2D eigenvalue weighted by Gasteiger charge is 2.08. The quantitative estimate of drug-likeness (QED) is 0.914. The van der Waals surface area contributed by atoms with Gasteiger partial charge in [0.05, 0.1) is 6.20 Å². The number of halogens is 1. The summed E-state index contributed by atoms with van der Waals surface area (Å²) in [6, 6.07) is 2.41. The second-order valence-corrected chi connectivity index (χ2v) is 5.78. The molecule has 1 atom stereocenters. The zero-order chi connectivity index (χ0) is 12.3. The van der Waals surface area contributed by atoms with Crippen molar-refractivity contribution in [2.75, 3.05) is 0 Å². The molecule has 0 aliphatic carbocycles. The Bertz CT molecular complexity index is 478. The molecule has 0 aliphatic heterocycles. The van der Waals surface area contributed by atoms with Crippen LogP contribution in [0.1, 0.15) is 30.3 Å². The lowest BCUT2D eigenvalue weighted by molar-refractivity contribution is 0.576. The molecule has 0 bridgehead atoms. The van der Waals surface area contributed by atoms with Crippen LogP contribution in [0.25, 0.3) is 0 Å². The van der Waals surface area contributed by atoms with Gasteiger partial charge >= 0.3 is 0 Å². The Hall–Kier alpha value is -0.650. The summed E-state index contributed by atoms with van der Waals surface area (Å²) in [7, 11) is 0. The van der Waals surface area contributed by atoms with Gasteiger partial charge in [0.25, 0.3) is 0 Å². The lowest BCUT2D eigenvalue weighted by atomic mass is 10.2. The van der Waals surface area contributed by atoms with Gasteiger partial charge in [-0.05, 0) is 41.2 Å². The molecule has 0 amide bonds. The minimum absolute atomic E-state index is 0.323. The van der Waals surface area contributed by atoms with Crippen LogP contribution < -0.4 is 5.32 Å². The first-order chi connectivity index (χ1) is 8.20. The highest BCUT2D eigenvalue weighted by molar-refractivity contribution is 9.10. The number of hydrogen-bond donors (Lipinski definition) is 1. The largest absolute Gasteiger partial charge is 0.305 e. The summed E-state index contributed by atoms with van der Waals surface area (Å²) < 4.78 is 3.14. The van der Waals surface area contributed by atoms with E-state index in [9.17, 15) is 0 Å². The SMILES string of the molecule is CCn1cc(C(C)NCc2sccc2Br)cn1. The van der Waals surface area contributed by atoms with Gasteiger partial charge in [0.2, 0.25) is 0 Å². The molecular formula is C12H16BrN3S. The molecule has 2 aromatic rings. The molecule has 17 heavy (non-hydrogen) atoms. The minimum Gasteiger partial charge on any atom is -0.305 e. The molecule has 0 aromatic carbocycles. The van der Waals surface area contributed by atoms with E-state index in [0.29, 0.717) is 6.04 Å². The number of nitrogens with one attached hydrogen (secondary N) is 1. The maximum absolute atomic E-state index is 4.29. The Morgan fingerprint density at radius 3 is 3.00 bits per heavy atom. The molecule has 2 rings (SSSR count). The van der Waals surface area contributed by atoms with E-state index in [1.165, 1.54) is 14.9 Å². The van der Waals surface area contributed by atoms with Crippen LogP contribution in [0.4, 0.5) is 0 Å². The van der Waals surface area contributed by atoms with E-state index in [-0.39, 0.29) is 0 Å². The number of aryl methyl sites for hydroxylation is 1. The van der Waals surface area contributed by atoms with Gasteiger partial charge in [-0.15, -0.1) is 11.3 Å². The molecular weight excluding hydrogens is 298 g/mol. The number of aromatic nitrogens is 2. The fraction of sp³-hybridized carbons (Fsp3) is 0.417. The summed E-state index contributed by atoms with van der Waals surface area (Å²) in [5.41, 5.74) is 1.24. The molecule has 1 N–H and O–H groups in total. The highest BCUT2D eigenvalue weighted by atomic mass is 79.9. The highest BCUT2D eigenvalue weighted by Crippen LogP contribution is 2.23. The van der Waals surface area contributed by atoms with Crippen molar-refractivity contribution in [1.82, 2.24) is 15.1 Å². The van der Waals surface area contributed by atoms with Crippen LogP contribution in [0, 0.1) is 0 Å². The maximum Gasteiger partial charge on any atom is 0.0537 e. The molecule has 0 saturated heterocycles. The van der Waals surface area contributed by atoms with Gasteiger partial charge in [-0.1, -0.05) is 0 Å². The van der Waals surface area contributed by atoms with Crippen LogP contribution in [0.2, 0.25) is 0 Å². The second-order valence-electron chi connectivity index (χ2n) is 3.92. The molecule has 92 valence electrons. The third kappa shape index (κ3) is 3.18. The molecule has 0 saturated carbocycles. The monoisotopic (exact) mass is 313 g/mol. The van der Waals surface area contributed by atoms with Crippen molar-refractivity contribution in [3.05, 3.63) is 38.8 Å². The Morgan fingerprint density at radius 1 is 1.59 bits per heavy atom. The number of hydrogen-bond acceptors (Lipinski definition) is 3. The zero-order valence-corrected chi connectivity index (χ0v) is 12.4. The number of thiophene rings is 1. The Balaban J connectivity index is 1.93. The van der Waals surface area contributed by atoms with Crippen molar-refractivity contribution in [1.29, 1.82) is 0 Å². The predicted octanol–water partition coefficient (Wildman–Crippen LogP) is 3.58. The molecule has 1 unspecified atom stereocenters. The third-order valence-corrected chi connectivity index (χ3v) is 4.66. The van der Waals surface area contributed by atoms with Crippen LogP contribution >= 0.6 is 27.3 Å². The summed E-state index contributed by atoms with van der Waals surface area (Å²) in [5.74, 6) is 0. The molecule has 0 radical (unpaired) electrons. The van der Waals surface area contributed by atoms with Crippen LogP contribution in [-0.2, 0) is 13.1 Å². The van der Waals surface area contributed by atoms with Crippen LogP contribution in [0.5, 0.6) is 0 Å². The van der Waals surface area contributed by atoms with E-state index >= 15 is 0 Å². The van der Waals surface area contributed by atoms with Gasteiger partial charge < -0.3 is 5.32 Å². The first kappa shape index (κ1) is 12.8. The molecule has 0 aliphatic rings. The zero-order valence-electron chi connectivity index (χ0n) is 9.98. The molecule has 5 heteroatoms. The maximum atomic E-state index is 4.29. The van der Waals surface area contributed by atoms with Crippen molar-refractivity contribution in [3.63, 3.8) is 0 Å². The van der Waals surface area contributed by atoms with Crippen molar-refractivity contribution >= 4 is 27.3 Å². The summed E-state index contributed by atoms with van der Waals surface area (Å²) in [5, 5.41) is 9.89. The normalized spacial score (nSPS) is 12.9. The van der Waals surface area contributed by atoms with Gasteiger partial charge in [0.15, 0.2) is 0 Å². The van der Waals surface area contributed by atoms with E-state index in [1.807, 2.05) is 10.9 Å². The van der Waals surface area contributed by atoms with E-state index in [1.54, 1.807) is 11.3 Å². The van der Waals surface area contributed by atoms with Gasteiger partial charge in [0.1, 0.15) is 0 Å². The first-order valence-electron chi connectivity index (χ1n) is 5.68. The fourth-order valence-corrected chi connectivity index (χ4v) is 3.03. The van der Waals surface area contributed by atoms with Gasteiger partial charge in [-0.25, -0.2) is 0 Å². The van der Waals surface area contributed by atoms with E-state index in [0.717, 1.165) is 13.1 Å². The molecule has 2 aromatic heterocycles. The summed E-state index contributed by atoms with van der Waals surface area (Å²) in [6.45, 7) is 6.07. The van der Waals surface area contributed by atoms with Crippen molar-refractivity contribution < 1.29 is 0 Å². The summed E-state index contributed by atoms with van der Waals surface area (Å²) >= 11 is 5.31. The van der Waals surface area contributed by atoms with E-state index < -0.39 is 0 Å². The van der Waals surface area contributed by atoms with Gasteiger partial charge in [0, 0.05) is 40.2 Å². The lowest BCUT2D eigenvalue weighted by Gasteiger charge is -2.11. The standard InChI is InChI=1S/C12H16BrN3S/c1-3-16-8-10(6-15-16)9(2)14-7-12-11(13)4-5-17-12/h4-6,8-9,14H,3,7H2,1-2H3. The Morgan fingerprint density at radius 2 is 2.41 bits per heavy atom. The first-order valence-corrected chi connectivity index (χ1v) is 7.35. The van der Waals surface area contributed by atoms with E-state index in [2.05, 4.69) is 57.8 Å². The van der Waals surface area contributed by atoms with E-state index in [4.69, 9.17) is 0 Å². The molecule has 0 spiro atoms. The lowest BCUT2D eigenvalue weighted by Crippen LogP contribution is -2.17. The Labute approximate surface area is 114 Å². The molecule has 0 fully saturated rings. The van der Waals surface area contributed by atoms with Crippen molar-refractivity contribution in [2.24, 2.45) is 0 Å². The van der Waals surface area contributed by atoms with Crippen LogP contribution in [-0.4, -0.2) is 9.78 Å². The van der Waals surface area contributed by atoms with Crippen molar-refractivity contribution in [2.45, 2.75) is 33.0 Å². The minimum atomic E-state index is 0.323. The Kier molecular flexibility index (Phi) is 4.36. The average Bonchev–Trinajstić information content (AvgIpc) is 2.94. The van der Waals surface area contributed by atoms with Crippen LogP contribution in [0.15, 0.2) is 28.3 Å². The van der Waals surface area contributed by atoms with Crippen LogP contribution in [0.3, 0.4) is 0 Å².